The number of hydrogen-bond donors (Lipinski definition) is 0. The fraction of sp³-hybridized carbons (Fsp3) is 0.385. The third-order valence-electron chi connectivity index (χ3n) is 14.5. The summed E-state index contributed by atoms with van der Waals surface area (Å²) in [6.07, 6.45) is 0.468. The maximum absolute atomic E-state index is 13.5. The van der Waals surface area contributed by atoms with E-state index in [0.29, 0.717) is 37.2 Å². The zero-order chi connectivity index (χ0) is 42.0. The van der Waals surface area contributed by atoms with Crippen molar-refractivity contribution in [3.63, 3.8) is 0 Å². The molecule has 8 nitrogen and oxygen atoms in total. The lowest BCUT2D eigenvalue weighted by molar-refractivity contribution is -0.320. The van der Waals surface area contributed by atoms with Gasteiger partial charge in [-0.15, -0.1) is 0 Å². The van der Waals surface area contributed by atoms with E-state index in [1.807, 2.05) is 139 Å². The largest absolute Gasteiger partial charge is 0.491 e. The van der Waals surface area contributed by atoms with Crippen LogP contribution in [0.4, 0.5) is 0 Å². The Balaban J connectivity index is 1.15. The lowest BCUT2D eigenvalue weighted by Crippen LogP contribution is -2.55. The second kappa shape index (κ2) is 14.3. The van der Waals surface area contributed by atoms with Crippen molar-refractivity contribution < 1.29 is 38.0 Å². The van der Waals surface area contributed by atoms with E-state index in [-0.39, 0.29) is 25.2 Å². The summed E-state index contributed by atoms with van der Waals surface area (Å²) < 4.78 is 39.9. The minimum atomic E-state index is -1.27. The van der Waals surface area contributed by atoms with Crippen LogP contribution in [-0.4, -0.2) is 48.9 Å². The van der Waals surface area contributed by atoms with Crippen molar-refractivity contribution >= 4 is 11.9 Å². The first kappa shape index (κ1) is 39.5. The van der Waals surface area contributed by atoms with Gasteiger partial charge in [-0.1, -0.05) is 99.6 Å². The van der Waals surface area contributed by atoms with Gasteiger partial charge in [0.05, 0.1) is 10.8 Å². The van der Waals surface area contributed by atoms with Crippen LogP contribution in [-0.2, 0) is 28.5 Å². The van der Waals surface area contributed by atoms with Crippen molar-refractivity contribution in [1.82, 2.24) is 0 Å². The van der Waals surface area contributed by atoms with Crippen molar-refractivity contribution in [2.75, 3.05) is 13.2 Å². The zero-order valence-electron chi connectivity index (χ0n) is 34.9. The summed E-state index contributed by atoms with van der Waals surface area (Å²) >= 11 is 0. The molecular weight excluding hydrogens is 753 g/mol. The summed E-state index contributed by atoms with van der Waals surface area (Å²) in [6, 6.07) is 30.8. The third-order valence-corrected chi connectivity index (χ3v) is 14.5. The Labute approximate surface area is 352 Å². The highest BCUT2D eigenvalue weighted by Crippen LogP contribution is 2.68. The minimum absolute atomic E-state index is 0.0118. The van der Waals surface area contributed by atoms with Gasteiger partial charge in [-0.2, -0.15) is 0 Å². The number of carbonyl (C=O) groups is 2. The van der Waals surface area contributed by atoms with Crippen molar-refractivity contribution in [3.8, 4) is 47.0 Å². The molecule has 2 saturated carbocycles. The van der Waals surface area contributed by atoms with Crippen molar-refractivity contribution in [1.29, 1.82) is 0 Å². The van der Waals surface area contributed by atoms with Crippen LogP contribution >= 0.6 is 0 Å². The zero-order valence-corrected chi connectivity index (χ0v) is 34.9. The molecule has 5 aliphatic rings. The third kappa shape index (κ3) is 6.26. The predicted molar refractivity (Wildman–Crippen MR) is 224 cm³/mol. The molecule has 1 unspecified atom stereocenters. The highest BCUT2D eigenvalue weighted by molar-refractivity contribution is 5.82. The maximum Gasteiger partial charge on any atom is 0.315 e. The molecule has 9 rings (SSSR count). The quantitative estimate of drug-likeness (QED) is 0.150. The standard InChI is InChI=1S/C52H48O8/c1-47(2)49(5)27-29-51(47,59-45(49)53)57-43-33-55-41-19-11-13-35(31-41)21-23-37-15-7-9-17-39(37)25-26-40-18-10-8-16-38(40)24-22-36-14-12-20-42(32-36)56-34-44(43)58-52-30-28-50(6,46(54)60-52)48(52,3)4/h7-20,31-32,43-44H,27-30,33-34H2,1-6H3/t43-,44?,49-,50-,51-,52-/m0/s1. The molecule has 0 spiro atoms. The Kier molecular flexibility index (Phi) is 9.44. The number of hydrogen-bond acceptors (Lipinski definition) is 8. The molecule has 60 heavy (non-hydrogen) atoms. The van der Waals surface area contributed by atoms with Crippen molar-refractivity contribution in [2.24, 2.45) is 21.7 Å². The molecule has 6 atom stereocenters. The number of ether oxygens (including phenoxy) is 6. The second-order valence-electron chi connectivity index (χ2n) is 18.0. The van der Waals surface area contributed by atoms with Crippen molar-refractivity contribution in [2.45, 2.75) is 91.0 Å². The van der Waals surface area contributed by atoms with Crippen LogP contribution < -0.4 is 9.47 Å². The second-order valence-corrected chi connectivity index (χ2v) is 18.0. The van der Waals surface area contributed by atoms with Crippen LogP contribution in [0.15, 0.2) is 97.1 Å². The molecule has 0 aromatic heterocycles. The monoisotopic (exact) mass is 800 g/mol. The van der Waals surface area contributed by atoms with Crippen LogP contribution in [0.25, 0.3) is 0 Å². The van der Waals surface area contributed by atoms with Crippen molar-refractivity contribution in [3.05, 3.63) is 130 Å². The van der Waals surface area contributed by atoms with E-state index >= 15 is 0 Å². The molecule has 4 fully saturated rings. The van der Waals surface area contributed by atoms with Gasteiger partial charge in [-0.3, -0.25) is 9.59 Å². The summed E-state index contributed by atoms with van der Waals surface area (Å²) in [5.41, 5.74) is 1.83. The highest BCUT2D eigenvalue weighted by atomic mass is 16.8. The van der Waals surface area contributed by atoms with Gasteiger partial charge in [-0.25, -0.2) is 0 Å². The molecule has 8 bridgehead atoms. The molecule has 8 heteroatoms. The minimum Gasteiger partial charge on any atom is -0.491 e. The van der Waals surface area contributed by atoms with Crippen LogP contribution in [0.1, 0.15) is 101 Å². The number of fused-ring (bicyclic) bond motifs is 10. The van der Waals surface area contributed by atoms with Gasteiger partial charge >= 0.3 is 11.9 Å². The lowest BCUT2D eigenvalue weighted by Gasteiger charge is -2.44. The molecular formula is C52H48O8. The van der Waals surface area contributed by atoms with E-state index in [0.717, 1.165) is 33.4 Å². The Hall–Kier alpha value is -5.98. The summed E-state index contributed by atoms with van der Waals surface area (Å²) in [7, 11) is 0. The van der Waals surface area contributed by atoms with E-state index in [4.69, 9.17) is 28.4 Å². The average Bonchev–Trinajstić information content (AvgIpc) is 3.68. The maximum atomic E-state index is 13.5. The van der Waals surface area contributed by atoms with Gasteiger partial charge in [0.25, 0.3) is 0 Å². The molecule has 4 aromatic rings. The Morgan fingerprint density at radius 1 is 0.483 bits per heavy atom. The van der Waals surface area contributed by atoms with E-state index < -0.39 is 45.4 Å². The summed E-state index contributed by atoms with van der Waals surface area (Å²) in [5, 5.41) is 0. The Morgan fingerprint density at radius 2 is 0.850 bits per heavy atom. The fourth-order valence-electron chi connectivity index (χ4n) is 9.40. The smallest absolute Gasteiger partial charge is 0.315 e. The Bertz CT molecular complexity index is 2430. The topological polar surface area (TPSA) is 89.5 Å². The molecule has 2 saturated heterocycles. The van der Waals surface area contributed by atoms with Gasteiger partial charge in [0.1, 0.15) is 36.9 Å². The molecule has 0 N–H and O–H groups in total. The normalized spacial score (nSPS) is 30.4. The van der Waals surface area contributed by atoms with Gasteiger partial charge in [-0.05, 0) is 87.4 Å². The van der Waals surface area contributed by atoms with Crippen LogP contribution in [0.2, 0.25) is 0 Å². The van der Waals surface area contributed by atoms with Crippen LogP contribution in [0.5, 0.6) is 11.5 Å². The fourth-order valence-corrected chi connectivity index (χ4v) is 9.40. The highest BCUT2D eigenvalue weighted by Gasteiger charge is 2.76. The molecule has 304 valence electrons. The summed E-state index contributed by atoms with van der Waals surface area (Å²) in [4.78, 5) is 27.0. The predicted octanol–water partition coefficient (Wildman–Crippen LogP) is 8.59. The number of esters is 2. The van der Waals surface area contributed by atoms with E-state index in [2.05, 4.69) is 35.5 Å². The molecule has 0 amide bonds. The molecule has 3 heterocycles. The summed E-state index contributed by atoms with van der Waals surface area (Å²) in [5.74, 6) is 17.9. The van der Waals surface area contributed by atoms with Gasteiger partial charge < -0.3 is 28.4 Å². The van der Waals surface area contributed by atoms with E-state index in [1.54, 1.807) is 0 Å². The first-order valence-corrected chi connectivity index (χ1v) is 20.7. The van der Waals surface area contributed by atoms with E-state index in [1.165, 1.54) is 0 Å². The van der Waals surface area contributed by atoms with Gasteiger partial charge in [0.15, 0.2) is 0 Å². The average molecular weight is 801 g/mol. The van der Waals surface area contributed by atoms with Gasteiger partial charge in [0, 0.05) is 57.1 Å². The molecule has 2 aliphatic carbocycles. The lowest BCUT2D eigenvalue weighted by atomic mass is 9.69. The van der Waals surface area contributed by atoms with E-state index in [9.17, 15) is 9.59 Å². The molecule has 4 aromatic carbocycles. The van der Waals surface area contributed by atoms with Crippen LogP contribution in [0, 0.1) is 57.2 Å². The number of benzene rings is 4. The molecule has 3 aliphatic heterocycles. The Morgan fingerprint density at radius 3 is 1.18 bits per heavy atom. The SMILES string of the molecule is CC1(C)[C@]2(OC3COc4cccc(c4)C#Cc4ccccc4C#Cc4ccccc4C#Cc4cccc(c4)OC[C@@H]3O[C@@]34CC[C@@](C)(C(=O)O3)C4(C)C)CC[C@@]1(C)C(=O)O2. The number of rotatable bonds is 4. The molecule has 0 radical (unpaired) electrons. The first-order valence-electron chi connectivity index (χ1n) is 20.7. The summed E-state index contributed by atoms with van der Waals surface area (Å²) in [6.45, 7) is 12.0. The number of carbonyl (C=O) groups excluding carboxylic acids is 2. The first-order chi connectivity index (χ1) is 28.7. The van der Waals surface area contributed by atoms with Gasteiger partial charge in [0.2, 0.25) is 11.6 Å². The van der Waals surface area contributed by atoms with Crippen LogP contribution in [0.3, 0.4) is 0 Å².